The standard InChI is InChI=1S/C14H22N2O2/c1-4-9-16-14(2,13(15)17)10-11-5-7-12(18-3)8-6-11/h5-8,16H,4,9-10H2,1-3H3,(H2,15,17). The Morgan fingerprint density at radius 1 is 1.39 bits per heavy atom. The highest BCUT2D eigenvalue weighted by atomic mass is 16.5. The van der Waals surface area contributed by atoms with Crippen LogP contribution in [-0.2, 0) is 11.2 Å². The molecule has 1 amide bonds. The first-order valence-corrected chi connectivity index (χ1v) is 6.19. The van der Waals surface area contributed by atoms with Crippen LogP contribution < -0.4 is 15.8 Å². The second kappa shape index (κ2) is 6.40. The quantitative estimate of drug-likeness (QED) is 0.770. The third kappa shape index (κ3) is 3.74. The summed E-state index contributed by atoms with van der Waals surface area (Å²) in [4.78, 5) is 11.6. The van der Waals surface area contributed by atoms with Crippen molar-refractivity contribution in [3.63, 3.8) is 0 Å². The number of nitrogens with two attached hydrogens (primary N) is 1. The lowest BCUT2D eigenvalue weighted by Crippen LogP contribution is -2.54. The number of benzene rings is 1. The molecule has 100 valence electrons. The number of rotatable bonds is 7. The van der Waals surface area contributed by atoms with E-state index in [0.717, 1.165) is 24.3 Å². The van der Waals surface area contributed by atoms with Gasteiger partial charge in [0.2, 0.25) is 5.91 Å². The minimum atomic E-state index is -0.704. The molecule has 1 unspecified atom stereocenters. The Hall–Kier alpha value is -1.55. The molecule has 1 aromatic rings. The van der Waals surface area contributed by atoms with Gasteiger partial charge in [-0.25, -0.2) is 0 Å². The van der Waals surface area contributed by atoms with Gasteiger partial charge < -0.3 is 15.8 Å². The Morgan fingerprint density at radius 2 is 2.00 bits per heavy atom. The van der Waals surface area contributed by atoms with Crippen molar-refractivity contribution >= 4 is 5.91 Å². The van der Waals surface area contributed by atoms with Crippen LogP contribution in [0.4, 0.5) is 0 Å². The van der Waals surface area contributed by atoms with E-state index in [0.29, 0.717) is 6.42 Å². The van der Waals surface area contributed by atoms with Gasteiger partial charge in [-0.05, 0) is 44.0 Å². The minimum Gasteiger partial charge on any atom is -0.497 e. The molecule has 0 spiro atoms. The third-order valence-corrected chi connectivity index (χ3v) is 3.03. The average molecular weight is 250 g/mol. The van der Waals surface area contributed by atoms with Crippen molar-refractivity contribution < 1.29 is 9.53 Å². The van der Waals surface area contributed by atoms with Gasteiger partial charge in [-0.3, -0.25) is 4.79 Å². The first kappa shape index (κ1) is 14.5. The number of carbonyl (C=O) groups is 1. The molecular formula is C14H22N2O2. The maximum Gasteiger partial charge on any atom is 0.237 e. The van der Waals surface area contributed by atoms with Crippen molar-refractivity contribution in [2.24, 2.45) is 5.73 Å². The summed E-state index contributed by atoms with van der Waals surface area (Å²) in [6, 6.07) is 7.68. The van der Waals surface area contributed by atoms with E-state index in [1.54, 1.807) is 7.11 Å². The monoisotopic (exact) mass is 250 g/mol. The van der Waals surface area contributed by atoms with E-state index < -0.39 is 5.54 Å². The fourth-order valence-electron chi connectivity index (χ4n) is 1.79. The van der Waals surface area contributed by atoms with Crippen molar-refractivity contribution in [2.75, 3.05) is 13.7 Å². The zero-order chi connectivity index (χ0) is 13.6. The van der Waals surface area contributed by atoms with Crippen LogP contribution in [0.2, 0.25) is 0 Å². The number of hydrogen-bond donors (Lipinski definition) is 2. The summed E-state index contributed by atoms with van der Waals surface area (Å²) in [7, 11) is 1.63. The number of amides is 1. The van der Waals surface area contributed by atoms with Gasteiger partial charge in [0.25, 0.3) is 0 Å². The summed E-state index contributed by atoms with van der Waals surface area (Å²) in [6.45, 7) is 4.67. The average Bonchev–Trinajstić information content (AvgIpc) is 2.37. The number of ether oxygens (including phenoxy) is 1. The van der Waals surface area contributed by atoms with Crippen molar-refractivity contribution in [1.29, 1.82) is 0 Å². The molecule has 0 aliphatic heterocycles. The van der Waals surface area contributed by atoms with Crippen LogP contribution in [0, 0.1) is 0 Å². The first-order valence-electron chi connectivity index (χ1n) is 6.19. The van der Waals surface area contributed by atoms with E-state index in [-0.39, 0.29) is 5.91 Å². The lowest BCUT2D eigenvalue weighted by Gasteiger charge is -2.27. The highest BCUT2D eigenvalue weighted by Gasteiger charge is 2.30. The summed E-state index contributed by atoms with van der Waals surface area (Å²) in [6.07, 6.45) is 1.54. The summed E-state index contributed by atoms with van der Waals surface area (Å²) in [5.74, 6) is 0.479. The fraction of sp³-hybridized carbons (Fsp3) is 0.500. The molecule has 0 aromatic heterocycles. The normalized spacial score (nSPS) is 13.9. The molecule has 3 N–H and O–H groups in total. The van der Waals surface area contributed by atoms with E-state index in [1.165, 1.54) is 0 Å². The number of methoxy groups -OCH3 is 1. The van der Waals surface area contributed by atoms with Crippen molar-refractivity contribution in [2.45, 2.75) is 32.2 Å². The van der Waals surface area contributed by atoms with Gasteiger partial charge >= 0.3 is 0 Å². The maximum absolute atomic E-state index is 11.6. The smallest absolute Gasteiger partial charge is 0.237 e. The third-order valence-electron chi connectivity index (χ3n) is 3.03. The van der Waals surface area contributed by atoms with Crippen LogP contribution in [0.1, 0.15) is 25.8 Å². The largest absolute Gasteiger partial charge is 0.497 e. The molecule has 1 rings (SSSR count). The molecule has 1 atom stereocenters. The molecule has 4 nitrogen and oxygen atoms in total. The fourth-order valence-corrected chi connectivity index (χ4v) is 1.79. The Bertz CT molecular complexity index is 389. The van der Waals surface area contributed by atoms with Crippen LogP contribution in [0.15, 0.2) is 24.3 Å². The van der Waals surface area contributed by atoms with Crippen LogP contribution in [-0.4, -0.2) is 25.1 Å². The van der Waals surface area contributed by atoms with E-state index in [2.05, 4.69) is 12.2 Å². The van der Waals surface area contributed by atoms with Crippen molar-refractivity contribution in [3.8, 4) is 5.75 Å². The van der Waals surface area contributed by atoms with Gasteiger partial charge in [-0.15, -0.1) is 0 Å². The topological polar surface area (TPSA) is 64.3 Å². The SMILES string of the molecule is CCCNC(C)(Cc1ccc(OC)cc1)C(N)=O. The molecule has 0 aliphatic carbocycles. The zero-order valence-electron chi connectivity index (χ0n) is 11.3. The molecule has 0 aliphatic rings. The molecular weight excluding hydrogens is 228 g/mol. The van der Waals surface area contributed by atoms with E-state index in [1.807, 2.05) is 31.2 Å². The number of carbonyl (C=O) groups excluding carboxylic acids is 1. The summed E-state index contributed by atoms with van der Waals surface area (Å²) < 4.78 is 5.10. The van der Waals surface area contributed by atoms with Crippen molar-refractivity contribution in [3.05, 3.63) is 29.8 Å². The summed E-state index contributed by atoms with van der Waals surface area (Å²) in [5.41, 5.74) is 5.84. The Morgan fingerprint density at radius 3 is 2.44 bits per heavy atom. The highest BCUT2D eigenvalue weighted by Crippen LogP contribution is 2.17. The van der Waals surface area contributed by atoms with Gasteiger partial charge in [0, 0.05) is 0 Å². The Balaban J connectivity index is 2.79. The summed E-state index contributed by atoms with van der Waals surface area (Å²) >= 11 is 0. The van der Waals surface area contributed by atoms with Crippen LogP contribution in [0.25, 0.3) is 0 Å². The molecule has 0 fully saturated rings. The molecule has 0 radical (unpaired) electrons. The number of primary amides is 1. The van der Waals surface area contributed by atoms with Crippen LogP contribution >= 0.6 is 0 Å². The maximum atomic E-state index is 11.6. The van der Waals surface area contributed by atoms with E-state index in [9.17, 15) is 4.79 Å². The van der Waals surface area contributed by atoms with E-state index in [4.69, 9.17) is 10.5 Å². The van der Waals surface area contributed by atoms with Gasteiger partial charge in [-0.1, -0.05) is 19.1 Å². The summed E-state index contributed by atoms with van der Waals surface area (Å²) in [5, 5.41) is 3.22. The lowest BCUT2D eigenvalue weighted by molar-refractivity contribution is -0.123. The highest BCUT2D eigenvalue weighted by molar-refractivity contribution is 5.84. The first-order chi connectivity index (χ1) is 8.51. The van der Waals surface area contributed by atoms with Gasteiger partial charge in [-0.2, -0.15) is 0 Å². The molecule has 0 saturated heterocycles. The molecule has 18 heavy (non-hydrogen) atoms. The predicted molar refractivity (Wildman–Crippen MR) is 72.6 cm³/mol. The Labute approximate surface area is 109 Å². The molecule has 0 saturated carbocycles. The molecule has 0 bridgehead atoms. The van der Waals surface area contributed by atoms with E-state index >= 15 is 0 Å². The number of hydrogen-bond acceptors (Lipinski definition) is 3. The second-order valence-corrected chi connectivity index (χ2v) is 4.65. The van der Waals surface area contributed by atoms with Gasteiger partial charge in [0.05, 0.1) is 12.6 Å². The molecule has 0 heterocycles. The zero-order valence-corrected chi connectivity index (χ0v) is 11.3. The van der Waals surface area contributed by atoms with Crippen molar-refractivity contribution in [1.82, 2.24) is 5.32 Å². The predicted octanol–water partition coefficient (Wildman–Crippen LogP) is 1.48. The van der Waals surface area contributed by atoms with Crippen LogP contribution in [0.5, 0.6) is 5.75 Å². The minimum absolute atomic E-state index is 0.327. The number of nitrogens with one attached hydrogen (secondary N) is 1. The van der Waals surface area contributed by atoms with Gasteiger partial charge in [0.15, 0.2) is 0 Å². The second-order valence-electron chi connectivity index (χ2n) is 4.65. The molecule has 1 aromatic carbocycles. The molecule has 4 heteroatoms. The lowest BCUT2D eigenvalue weighted by atomic mass is 9.92. The van der Waals surface area contributed by atoms with Crippen LogP contribution in [0.3, 0.4) is 0 Å². The van der Waals surface area contributed by atoms with Gasteiger partial charge in [0.1, 0.15) is 5.75 Å². The Kier molecular flexibility index (Phi) is 5.16.